The SMILES string of the molecule is O=C(N1CCCc2ccc(S(=O)(=O)Cl)cc21)C(F)(F)F. The Hall–Kier alpha value is -1.28. The standard InChI is InChI=1S/C11H9ClF3NO3S/c12-20(18,19)8-4-3-7-2-1-5-16(9(7)6-8)10(17)11(13,14)15/h3-4,6H,1-2,5H2. The average molecular weight is 328 g/mol. The molecule has 20 heavy (non-hydrogen) atoms. The molecule has 1 aromatic rings. The summed E-state index contributed by atoms with van der Waals surface area (Å²) < 4.78 is 60.0. The maximum Gasteiger partial charge on any atom is 0.471 e. The molecule has 0 spiro atoms. The smallest absolute Gasteiger partial charge is 0.304 e. The zero-order chi connectivity index (χ0) is 15.1. The summed E-state index contributed by atoms with van der Waals surface area (Å²) in [5.74, 6) is -2.01. The first-order valence-electron chi connectivity index (χ1n) is 5.57. The molecule has 0 N–H and O–H groups in total. The number of carbonyl (C=O) groups excluding carboxylic acids is 1. The number of benzene rings is 1. The molecule has 1 aliphatic heterocycles. The molecule has 4 nitrogen and oxygen atoms in total. The Morgan fingerprint density at radius 1 is 1.30 bits per heavy atom. The Labute approximate surface area is 117 Å². The van der Waals surface area contributed by atoms with Crippen molar-refractivity contribution in [2.75, 3.05) is 11.4 Å². The Morgan fingerprint density at radius 3 is 2.50 bits per heavy atom. The molecular weight excluding hydrogens is 319 g/mol. The van der Waals surface area contributed by atoms with E-state index in [2.05, 4.69) is 0 Å². The highest BCUT2D eigenvalue weighted by Crippen LogP contribution is 2.33. The fourth-order valence-corrected chi connectivity index (χ4v) is 2.84. The van der Waals surface area contributed by atoms with Crippen LogP contribution in [0.5, 0.6) is 0 Å². The Bertz CT molecular complexity index is 657. The van der Waals surface area contributed by atoms with Crippen LogP contribution in [0.25, 0.3) is 0 Å². The summed E-state index contributed by atoms with van der Waals surface area (Å²) in [6.45, 7) is -0.114. The number of hydrogen-bond acceptors (Lipinski definition) is 3. The second-order valence-corrected chi connectivity index (χ2v) is 6.85. The first-order chi connectivity index (χ1) is 9.10. The number of amides is 1. The molecule has 0 aliphatic carbocycles. The molecule has 110 valence electrons. The summed E-state index contributed by atoms with van der Waals surface area (Å²) in [4.78, 5) is 11.6. The van der Waals surface area contributed by atoms with Gasteiger partial charge >= 0.3 is 12.1 Å². The minimum atomic E-state index is -5.01. The quantitative estimate of drug-likeness (QED) is 0.745. The highest BCUT2D eigenvalue weighted by atomic mass is 35.7. The van der Waals surface area contributed by atoms with Crippen molar-refractivity contribution >= 4 is 31.3 Å². The molecule has 0 unspecified atom stereocenters. The molecule has 9 heteroatoms. The van der Waals surface area contributed by atoms with E-state index in [1.165, 1.54) is 12.1 Å². The molecule has 1 heterocycles. The monoisotopic (exact) mass is 327 g/mol. The lowest BCUT2D eigenvalue weighted by Gasteiger charge is -2.30. The van der Waals surface area contributed by atoms with E-state index in [4.69, 9.17) is 10.7 Å². The zero-order valence-corrected chi connectivity index (χ0v) is 11.5. The van der Waals surface area contributed by atoms with E-state index < -0.39 is 21.1 Å². The number of aryl methyl sites for hydroxylation is 1. The van der Waals surface area contributed by atoms with Gasteiger partial charge in [0, 0.05) is 22.9 Å². The lowest BCUT2D eigenvalue weighted by atomic mass is 10.0. The second kappa shape index (κ2) is 4.92. The molecule has 0 saturated carbocycles. The van der Waals surface area contributed by atoms with Crippen LogP contribution in [0.1, 0.15) is 12.0 Å². The van der Waals surface area contributed by atoms with Crippen LogP contribution in [-0.4, -0.2) is 27.0 Å². The lowest BCUT2D eigenvalue weighted by molar-refractivity contribution is -0.170. The molecule has 0 fully saturated rings. The second-order valence-electron chi connectivity index (χ2n) is 4.29. The molecule has 0 aromatic heterocycles. The number of nitrogens with zero attached hydrogens (tertiary/aromatic N) is 1. The van der Waals surface area contributed by atoms with Crippen LogP contribution in [0, 0.1) is 0 Å². The van der Waals surface area contributed by atoms with Crippen molar-refractivity contribution in [1.29, 1.82) is 0 Å². The highest BCUT2D eigenvalue weighted by Gasteiger charge is 2.44. The molecule has 0 atom stereocenters. The fraction of sp³-hybridized carbons (Fsp3) is 0.364. The number of hydrogen-bond donors (Lipinski definition) is 0. The van der Waals surface area contributed by atoms with Crippen LogP contribution >= 0.6 is 10.7 Å². The summed E-state index contributed by atoms with van der Waals surface area (Å²) in [6.07, 6.45) is -4.16. The summed E-state index contributed by atoms with van der Waals surface area (Å²) in [6, 6.07) is 3.59. The first-order valence-corrected chi connectivity index (χ1v) is 7.88. The number of anilines is 1. The van der Waals surface area contributed by atoms with Crippen molar-refractivity contribution in [3.8, 4) is 0 Å². The normalized spacial score (nSPS) is 15.9. The number of halogens is 4. The first kappa shape index (κ1) is 15.1. The molecule has 1 amide bonds. The third kappa shape index (κ3) is 2.90. The van der Waals surface area contributed by atoms with Gasteiger partial charge < -0.3 is 4.90 Å². The Kier molecular flexibility index (Phi) is 3.72. The van der Waals surface area contributed by atoms with Gasteiger partial charge in [0.2, 0.25) is 0 Å². The van der Waals surface area contributed by atoms with Crippen LogP contribution in [-0.2, 0) is 20.3 Å². The summed E-state index contributed by atoms with van der Waals surface area (Å²) in [5, 5.41) is 0. The van der Waals surface area contributed by atoms with Gasteiger partial charge in [0.15, 0.2) is 0 Å². The predicted molar refractivity (Wildman–Crippen MR) is 66.2 cm³/mol. The van der Waals surface area contributed by atoms with E-state index in [1.807, 2.05) is 0 Å². The number of alkyl halides is 3. The van der Waals surface area contributed by atoms with Crippen LogP contribution in [0.2, 0.25) is 0 Å². The van der Waals surface area contributed by atoms with E-state index in [9.17, 15) is 26.4 Å². The van der Waals surface area contributed by atoms with Crippen LogP contribution in [0.15, 0.2) is 23.1 Å². The fourth-order valence-electron chi connectivity index (χ4n) is 2.07. The van der Waals surface area contributed by atoms with E-state index in [1.54, 1.807) is 0 Å². The number of rotatable bonds is 1. The van der Waals surface area contributed by atoms with E-state index >= 15 is 0 Å². The molecule has 2 rings (SSSR count). The van der Waals surface area contributed by atoms with Gasteiger partial charge in [-0.1, -0.05) is 6.07 Å². The summed E-state index contributed by atoms with van der Waals surface area (Å²) in [5.41, 5.74) is 0.429. The minimum absolute atomic E-state index is 0.0553. The summed E-state index contributed by atoms with van der Waals surface area (Å²) in [7, 11) is 1.10. The van der Waals surface area contributed by atoms with E-state index in [0.717, 1.165) is 6.07 Å². The maximum atomic E-state index is 12.5. The number of carbonyl (C=O) groups is 1. The maximum absolute atomic E-state index is 12.5. The molecule has 1 aliphatic rings. The topological polar surface area (TPSA) is 54.5 Å². The number of fused-ring (bicyclic) bond motifs is 1. The van der Waals surface area contributed by atoms with Crippen molar-refractivity contribution in [2.24, 2.45) is 0 Å². The molecule has 0 radical (unpaired) electrons. The van der Waals surface area contributed by atoms with Crippen molar-refractivity contribution < 1.29 is 26.4 Å². The third-order valence-corrected chi connectivity index (χ3v) is 4.30. The predicted octanol–water partition coefficient (Wildman–Crippen LogP) is 2.46. The largest absolute Gasteiger partial charge is 0.471 e. The van der Waals surface area contributed by atoms with Gasteiger partial charge in [-0.3, -0.25) is 4.79 Å². The minimum Gasteiger partial charge on any atom is -0.304 e. The molecular formula is C11H9ClF3NO3S. The van der Waals surface area contributed by atoms with Crippen LogP contribution in [0.4, 0.5) is 18.9 Å². The van der Waals surface area contributed by atoms with E-state index in [0.29, 0.717) is 23.3 Å². The van der Waals surface area contributed by atoms with Gasteiger partial charge in [0.25, 0.3) is 9.05 Å². The van der Waals surface area contributed by atoms with Crippen molar-refractivity contribution in [3.63, 3.8) is 0 Å². The Morgan fingerprint density at radius 2 is 1.95 bits per heavy atom. The van der Waals surface area contributed by atoms with Crippen molar-refractivity contribution in [2.45, 2.75) is 23.9 Å². The van der Waals surface area contributed by atoms with Gasteiger partial charge in [-0.15, -0.1) is 0 Å². The Balaban J connectivity index is 2.52. The lowest BCUT2D eigenvalue weighted by Crippen LogP contribution is -2.43. The van der Waals surface area contributed by atoms with Crippen molar-refractivity contribution in [1.82, 2.24) is 0 Å². The third-order valence-electron chi connectivity index (χ3n) is 2.94. The molecule has 0 bridgehead atoms. The highest BCUT2D eigenvalue weighted by molar-refractivity contribution is 8.13. The average Bonchev–Trinajstić information content (AvgIpc) is 2.34. The van der Waals surface area contributed by atoms with Crippen molar-refractivity contribution in [3.05, 3.63) is 23.8 Å². The zero-order valence-electron chi connectivity index (χ0n) is 9.95. The summed E-state index contributed by atoms with van der Waals surface area (Å²) >= 11 is 0. The van der Waals surface area contributed by atoms with Crippen LogP contribution < -0.4 is 4.90 Å². The van der Waals surface area contributed by atoms with Gasteiger partial charge in [-0.05, 0) is 30.5 Å². The van der Waals surface area contributed by atoms with Crippen LogP contribution in [0.3, 0.4) is 0 Å². The van der Waals surface area contributed by atoms with Gasteiger partial charge in [0.1, 0.15) is 0 Å². The van der Waals surface area contributed by atoms with Gasteiger partial charge in [0.05, 0.1) is 4.90 Å². The molecule has 0 saturated heterocycles. The van der Waals surface area contributed by atoms with Gasteiger partial charge in [-0.25, -0.2) is 8.42 Å². The van der Waals surface area contributed by atoms with Gasteiger partial charge in [-0.2, -0.15) is 13.2 Å². The molecule has 1 aromatic carbocycles. The van der Waals surface area contributed by atoms with E-state index in [-0.39, 0.29) is 17.1 Å².